The van der Waals surface area contributed by atoms with Gasteiger partial charge in [-0.15, -0.1) is 0 Å². The Morgan fingerprint density at radius 3 is 2.48 bits per heavy atom. The van der Waals surface area contributed by atoms with Crippen molar-refractivity contribution >= 4 is 5.71 Å². The summed E-state index contributed by atoms with van der Waals surface area (Å²) in [5, 5.41) is 6.94. The molecule has 0 unspecified atom stereocenters. The predicted octanol–water partition coefficient (Wildman–Crippen LogP) is 5.38. The second-order valence-corrected chi connectivity index (χ2v) is 7.07. The van der Waals surface area contributed by atoms with Crippen molar-refractivity contribution < 1.29 is 9.13 Å². The minimum absolute atomic E-state index is 0.112. The Labute approximate surface area is 157 Å². The van der Waals surface area contributed by atoms with Gasteiger partial charge in [0, 0.05) is 17.5 Å². The molecule has 0 bridgehead atoms. The fraction of sp³-hybridized carbons (Fsp3) is 0.174. The van der Waals surface area contributed by atoms with E-state index in [0.29, 0.717) is 0 Å². The van der Waals surface area contributed by atoms with Crippen molar-refractivity contribution in [3.63, 3.8) is 0 Å². The van der Waals surface area contributed by atoms with Crippen LogP contribution in [0.2, 0.25) is 0 Å². The standard InChI is InChI=1S/C23H19FN2O/c1-15-6-8-16(9-7-15)20-14-21-19-4-2-3-5-22(19)27-23(26(21)25-20)17-10-12-18(24)13-11-17/h2-13,21,23H,14H2,1H3/t21-,23-/m0/s1. The largest absolute Gasteiger partial charge is 0.464 e. The van der Waals surface area contributed by atoms with Crippen LogP contribution in [0.15, 0.2) is 77.9 Å². The lowest BCUT2D eigenvalue weighted by atomic mass is 9.95. The predicted molar refractivity (Wildman–Crippen MR) is 103 cm³/mol. The molecule has 134 valence electrons. The van der Waals surface area contributed by atoms with E-state index >= 15 is 0 Å². The summed E-state index contributed by atoms with van der Waals surface area (Å²) >= 11 is 0. The molecule has 4 heteroatoms. The van der Waals surface area contributed by atoms with Crippen LogP contribution in [0.1, 0.15) is 40.9 Å². The molecule has 2 atom stereocenters. The van der Waals surface area contributed by atoms with Gasteiger partial charge in [-0.3, -0.25) is 0 Å². The van der Waals surface area contributed by atoms with E-state index in [9.17, 15) is 4.39 Å². The molecule has 0 aliphatic carbocycles. The lowest BCUT2D eigenvalue weighted by Crippen LogP contribution is -2.33. The lowest BCUT2D eigenvalue weighted by Gasteiger charge is -2.38. The Hall–Kier alpha value is -3.14. The Bertz CT molecular complexity index is 1010. The average Bonchev–Trinajstić information content (AvgIpc) is 3.14. The number of ether oxygens (including phenoxy) is 1. The van der Waals surface area contributed by atoms with Crippen molar-refractivity contribution in [3.8, 4) is 5.75 Å². The number of nitrogens with zero attached hydrogens (tertiary/aromatic N) is 2. The summed E-state index contributed by atoms with van der Waals surface area (Å²) in [6.45, 7) is 2.08. The van der Waals surface area contributed by atoms with E-state index in [1.54, 1.807) is 12.1 Å². The average molecular weight is 358 g/mol. The summed E-state index contributed by atoms with van der Waals surface area (Å²) in [5.74, 6) is 0.616. The van der Waals surface area contributed by atoms with E-state index in [1.807, 2.05) is 23.2 Å². The molecule has 0 aromatic heterocycles. The maximum absolute atomic E-state index is 13.4. The van der Waals surface area contributed by atoms with Gasteiger partial charge in [0.1, 0.15) is 11.6 Å². The summed E-state index contributed by atoms with van der Waals surface area (Å²) in [4.78, 5) is 0. The van der Waals surface area contributed by atoms with E-state index in [4.69, 9.17) is 9.84 Å². The highest BCUT2D eigenvalue weighted by molar-refractivity contribution is 6.02. The third-order valence-electron chi connectivity index (χ3n) is 5.24. The molecule has 0 spiro atoms. The van der Waals surface area contributed by atoms with Crippen LogP contribution >= 0.6 is 0 Å². The molecule has 27 heavy (non-hydrogen) atoms. The minimum Gasteiger partial charge on any atom is -0.464 e. The van der Waals surface area contributed by atoms with E-state index in [0.717, 1.165) is 34.6 Å². The highest BCUT2D eigenvalue weighted by Crippen LogP contribution is 2.47. The van der Waals surface area contributed by atoms with Crippen LogP contribution < -0.4 is 4.74 Å². The van der Waals surface area contributed by atoms with Gasteiger partial charge < -0.3 is 4.74 Å². The van der Waals surface area contributed by atoms with E-state index in [2.05, 4.69) is 37.3 Å². The van der Waals surface area contributed by atoms with Crippen molar-refractivity contribution in [1.29, 1.82) is 0 Å². The summed E-state index contributed by atoms with van der Waals surface area (Å²) in [6.07, 6.45) is 0.453. The molecule has 3 aromatic carbocycles. The van der Waals surface area contributed by atoms with Crippen LogP contribution in [-0.4, -0.2) is 10.7 Å². The number of aryl methyl sites for hydroxylation is 1. The van der Waals surface area contributed by atoms with E-state index < -0.39 is 0 Å². The lowest BCUT2D eigenvalue weighted by molar-refractivity contribution is -0.0190. The number of hydrogen-bond acceptors (Lipinski definition) is 3. The molecule has 0 N–H and O–H groups in total. The first kappa shape index (κ1) is 16.1. The topological polar surface area (TPSA) is 24.8 Å². The molecular formula is C23H19FN2O. The van der Waals surface area contributed by atoms with Gasteiger partial charge in [-0.2, -0.15) is 5.10 Å². The second kappa shape index (κ2) is 6.23. The molecule has 2 aliphatic rings. The van der Waals surface area contributed by atoms with Gasteiger partial charge in [-0.25, -0.2) is 9.40 Å². The molecule has 2 heterocycles. The van der Waals surface area contributed by atoms with Crippen molar-refractivity contribution in [2.45, 2.75) is 25.6 Å². The van der Waals surface area contributed by atoms with Crippen LogP contribution in [0.5, 0.6) is 5.75 Å². The van der Waals surface area contributed by atoms with E-state index in [-0.39, 0.29) is 18.1 Å². The molecule has 3 nitrogen and oxygen atoms in total. The molecule has 0 saturated heterocycles. The number of para-hydroxylation sites is 1. The second-order valence-electron chi connectivity index (χ2n) is 7.07. The SMILES string of the molecule is Cc1ccc(C2=NN3[C@@H](C2)c2ccccc2O[C@H]3c2ccc(F)cc2)cc1. The number of benzene rings is 3. The third-order valence-corrected chi connectivity index (χ3v) is 5.24. The zero-order valence-corrected chi connectivity index (χ0v) is 15.0. The van der Waals surface area contributed by atoms with Crippen molar-refractivity contribution in [1.82, 2.24) is 5.01 Å². The number of rotatable bonds is 2. The number of hydrazone groups is 1. The minimum atomic E-state index is -0.367. The van der Waals surface area contributed by atoms with Crippen LogP contribution in [0.3, 0.4) is 0 Å². The van der Waals surface area contributed by atoms with Crippen molar-refractivity contribution in [2.24, 2.45) is 5.10 Å². The number of fused-ring (bicyclic) bond motifs is 3. The van der Waals surface area contributed by atoms with Gasteiger partial charge >= 0.3 is 0 Å². The van der Waals surface area contributed by atoms with Gasteiger partial charge in [0.25, 0.3) is 0 Å². The Morgan fingerprint density at radius 2 is 1.70 bits per heavy atom. The molecular weight excluding hydrogens is 339 g/mol. The molecule has 0 fully saturated rings. The first-order chi connectivity index (χ1) is 13.2. The van der Waals surface area contributed by atoms with Crippen LogP contribution in [0.4, 0.5) is 4.39 Å². The van der Waals surface area contributed by atoms with E-state index in [1.165, 1.54) is 17.7 Å². The number of hydrogen-bond donors (Lipinski definition) is 0. The first-order valence-electron chi connectivity index (χ1n) is 9.13. The third kappa shape index (κ3) is 2.78. The molecule has 5 rings (SSSR count). The maximum Gasteiger partial charge on any atom is 0.213 e. The Morgan fingerprint density at radius 1 is 0.963 bits per heavy atom. The van der Waals surface area contributed by atoms with Crippen LogP contribution in [0.25, 0.3) is 0 Å². The van der Waals surface area contributed by atoms with Gasteiger partial charge in [0.05, 0.1) is 11.8 Å². The molecule has 0 radical (unpaired) electrons. The summed E-state index contributed by atoms with van der Waals surface area (Å²) in [7, 11) is 0. The first-order valence-corrected chi connectivity index (χ1v) is 9.13. The summed E-state index contributed by atoms with van der Waals surface area (Å²) in [6, 6.07) is 23.1. The molecule has 0 saturated carbocycles. The maximum atomic E-state index is 13.4. The number of halogens is 1. The Balaban J connectivity index is 1.58. The zero-order valence-electron chi connectivity index (χ0n) is 15.0. The van der Waals surface area contributed by atoms with Crippen LogP contribution in [-0.2, 0) is 0 Å². The molecule has 0 amide bonds. The van der Waals surface area contributed by atoms with Gasteiger partial charge in [0.15, 0.2) is 0 Å². The molecule has 2 aliphatic heterocycles. The fourth-order valence-corrected chi connectivity index (χ4v) is 3.80. The van der Waals surface area contributed by atoms with Gasteiger partial charge in [-0.05, 0) is 30.7 Å². The summed E-state index contributed by atoms with van der Waals surface area (Å²) in [5.41, 5.74) is 5.44. The Kier molecular flexibility index (Phi) is 3.71. The van der Waals surface area contributed by atoms with Crippen molar-refractivity contribution in [2.75, 3.05) is 0 Å². The monoisotopic (exact) mass is 358 g/mol. The normalized spacial score (nSPS) is 20.5. The highest BCUT2D eigenvalue weighted by Gasteiger charge is 2.40. The fourth-order valence-electron chi connectivity index (χ4n) is 3.80. The van der Waals surface area contributed by atoms with Gasteiger partial charge in [-0.1, -0.05) is 60.2 Å². The summed E-state index contributed by atoms with van der Waals surface area (Å²) < 4.78 is 19.7. The quantitative estimate of drug-likeness (QED) is 0.615. The van der Waals surface area contributed by atoms with Crippen molar-refractivity contribution in [3.05, 3.63) is 101 Å². The highest BCUT2D eigenvalue weighted by atomic mass is 19.1. The molecule has 3 aromatic rings. The van der Waals surface area contributed by atoms with Crippen LogP contribution in [0, 0.1) is 12.7 Å². The zero-order chi connectivity index (χ0) is 18.4. The smallest absolute Gasteiger partial charge is 0.213 e. The van der Waals surface area contributed by atoms with Gasteiger partial charge in [0.2, 0.25) is 6.23 Å².